The number of fused-ring (bicyclic) bond motifs is 1. The first-order chi connectivity index (χ1) is 6.15. The Bertz CT molecular complexity index is 390. The lowest BCUT2D eigenvalue weighted by molar-refractivity contribution is 0.631. The van der Waals surface area contributed by atoms with Gasteiger partial charge in [0.2, 0.25) is 0 Å². The zero-order valence-electron chi connectivity index (χ0n) is 7.67. The molecule has 1 atom stereocenters. The van der Waals surface area contributed by atoms with E-state index in [-0.39, 0.29) is 5.44 Å². The molecule has 0 fully saturated rings. The van der Waals surface area contributed by atoms with Gasteiger partial charge in [0.05, 0.1) is 11.6 Å². The Balaban J connectivity index is 2.64. The lowest BCUT2D eigenvalue weighted by Crippen LogP contribution is -2.34. The maximum Gasteiger partial charge on any atom is 0.133 e. The molecule has 2 N–H and O–H groups in total. The van der Waals surface area contributed by atoms with Crippen molar-refractivity contribution in [3.05, 3.63) is 34.9 Å². The summed E-state index contributed by atoms with van der Waals surface area (Å²) in [7, 11) is 2.03. The molecule has 0 radical (unpaired) electrons. The van der Waals surface area contributed by atoms with Crippen molar-refractivity contribution in [3.8, 4) is 6.07 Å². The third-order valence-electron chi connectivity index (χ3n) is 2.81. The van der Waals surface area contributed by atoms with Gasteiger partial charge in [0.1, 0.15) is 7.85 Å². The average Bonchev–Trinajstić information content (AvgIpc) is 2.43. The van der Waals surface area contributed by atoms with Crippen LogP contribution in [0.4, 0.5) is 0 Å². The normalized spacial score (nSPS) is 25.2. The zero-order chi connectivity index (χ0) is 9.47. The van der Waals surface area contributed by atoms with Gasteiger partial charge in [-0.2, -0.15) is 5.26 Å². The predicted octanol–water partition coefficient (Wildman–Crippen LogP) is 0.249. The van der Waals surface area contributed by atoms with Crippen molar-refractivity contribution in [1.29, 1.82) is 5.26 Å². The van der Waals surface area contributed by atoms with Gasteiger partial charge in [-0.15, -0.1) is 0 Å². The van der Waals surface area contributed by atoms with Crippen LogP contribution in [0.2, 0.25) is 0 Å². The second-order valence-electron chi connectivity index (χ2n) is 3.86. The van der Waals surface area contributed by atoms with Crippen LogP contribution in [0.1, 0.15) is 23.1 Å². The monoisotopic (exact) mass is 170 g/mol. The van der Waals surface area contributed by atoms with E-state index in [0.717, 1.165) is 29.5 Å². The number of hydrogen-bond donors (Lipinski definition) is 1. The predicted molar refractivity (Wildman–Crippen MR) is 53.9 cm³/mol. The largest absolute Gasteiger partial charge is 0.328 e. The van der Waals surface area contributed by atoms with E-state index < -0.39 is 0 Å². The van der Waals surface area contributed by atoms with E-state index in [1.165, 1.54) is 0 Å². The third-order valence-corrected chi connectivity index (χ3v) is 2.81. The van der Waals surface area contributed by atoms with Gasteiger partial charge in [-0.05, 0) is 30.0 Å². The van der Waals surface area contributed by atoms with E-state index in [1.807, 2.05) is 26.0 Å². The molecule has 0 spiro atoms. The van der Waals surface area contributed by atoms with E-state index in [2.05, 4.69) is 6.07 Å². The highest BCUT2D eigenvalue weighted by molar-refractivity contribution is 6.16. The van der Waals surface area contributed by atoms with Gasteiger partial charge >= 0.3 is 0 Å². The first kappa shape index (κ1) is 8.34. The molecule has 0 heterocycles. The summed E-state index contributed by atoms with van der Waals surface area (Å²) in [5, 5.41) is 8.88. The number of hydrogen-bond acceptors (Lipinski definition) is 2. The Hall–Kier alpha value is -1.27. The van der Waals surface area contributed by atoms with Crippen LogP contribution in [0, 0.1) is 11.3 Å². The lowest BCUT2D eigenvalue weighted by atomic mass is 9.74. The first-order valence-electron chi connectivity index (χ1n) is 4.46. The molecule has 2 nitrogen and oxygen atoms in total. The Kier molecular flexibility index (Phi) is 1.68. The molecule has 0 aliphatic heterocycles. The Morgan fingerprint density at radius 3 is 3.00 bits per heavy atom. The molecule has 1 aliphatic carbocycles. The number of rotatable bonds is 0. The summed E-state index contributed by atoms with van der Waals surface area (Å²) in [5.74, 6) is 0. The van der Waals surface area contributed by atoms with Gasteiger partial charge in [-0.1, -0.05) is 12.1 Å². The van der Waals surface area contributed by atoms with E-state index in [4.69, 9.17) is 11.0 Å². The van der Waals surface area contributed by atoms with Crippen molar-refractivity contribution in [1.82, 2.24) is 0 Å². The molecule has 2 rings (SSSR count). The van der Waals surface area contributed by atoms with Gasteiger partial charge in [0.25, 0.3) is 0 Å². The summed E-state index contributed by atoms with van der Waals surface area (Å²) >= 11 is 0. The maximum absolute atomic E-state index is 8.88. The average molecular weight is 170 g/mol. The summed E-state index contributed by atoms with van der Waals surface area (Å²) in [6.07, 6.45) is 1.88. The molecule has 0 unspecified atom stereocenters. The van der Waals surface area contributed by atoms with Gasteiger partial charge in [0, 0.05) is 5.44 Å². The fraction of sp³-hybridized carbons (Fsp3) is 0.300. The van der Waals surface area contributed by atoms with Gasteiger partial charge in [-0.3, -0.25) is 0 Å². The van der Waals surface area contributed by atoms with E-state index in [9.17, 15) is 0 Å². The van der Waals surface area contributed by atoms with Crippen LogP contribution in [0.5, 0.6) is 0 Å². The summed E-state index contributed by atoms with van der Waals surface area (Å²) in [4.78, 5) is 0. The van der Waals surface area contributed by atoms with Crippen LogP contribution in [-0.4, -0.2) is 7.85 Å². The molecule has 0 bridgehead atoms. The fourth-order valence-corrected chi connectivity index (χ4v) is 2.02. The Labute approximate surface area is 78.8 Å². The third kappa shape index (κ3) is 1.15. The minimum Gasteiger partial charge on any atom is -0.328 e. The number of benzene rings is 1. The van der Waals surface area contributed by atoms with Crippen LogP contribution >= 0.6 is 0 Å². The SMILES string of the molecule is B[C@]1(N)CCc2c(C#N)cccc21. The molecule has 0 aromatic heterocycles. The molecule has 0 saturated heterocycles. The minimum absolute atomic E-state index is 0.234. The van der Waals surface area contributed by atoms with Crippen molar-refractivity contribution >= 4 is 7.85 Å². The molecule has 13 heavy (non-hydrogen) atoms. The minimum atomic E-state index is -0.234. The highest BCUT2D eigenvalue weighted by atomic mass is 14.7. The first-order valence-corrected chi connectivity index (χ1v) is 4.46. The smallest absolute Gasteiger partial charge is 0.133 e. The van der Waals surface area contributed by atoms with Gasteiger partial charge in [0.15, 0.2) is 0 Å². The second kappa shape index (κ2) is 2.61. The molecule has 64 valence electrons. The maximum atomic E-state index is 8.88. The molecule has 1 aliphatic rings. The molecule has 0 amide bonds. The second-order valence-corrected chi connectivity index (χ2v) is 3.86. The molecule has 1 aromatic carbocycles. The highest BCUT2D eigenvalue weighted by Crippen LogP contribution is 2.33. The fourth-order valence-electron chi connectivity index (χ4n) is 2.02. The number of nitriles is 1. The van der Waals surface area contributed by atoms with Crippen LogP contribution in [0.3, 0.4) is 0 Å². The lowest BCUT2D eigenvalue weighted by Gasteiger charge is -2.18. The quantitative estimate of drug-likeness (QED) is 0.567. The van der Waals surface area contributed by atoms with Crippen molar-refractivity contribution < 1.29 is 0 Å². The van der Waals surface area contributed by atoms with Crippen molar-refractivity contribution in [2.45, 2.75) is 18.3 Å². The van der Waals surface area contributed by atoms with Crippen LogP contribution in [0.15, 0.2) is 18.2 Å². The molecule has 3 heteroatoms. The topological polar surface area (TPSA) is 49.8 Å². The van der Waals surface area contributed by atoms with E-state index in [1.54, 1.807) is 0 Å². The Morgan fingerprint density at radius 1 is 1.54 bits per heavy atom. The van der Waals surface area contributed by atoms with Gasteiger partial charge < -0.3 is 5.73 Å². The summed E-state index contributed by atoms with van der Waals surface area (Å²) in [6.45, 7) is 0. The van der Waals surface area contributed by atoms with Crippen molar-refractivity contribution in [3.63, 3.8) is 0 Å². The zero-order valence-corrected chi connectivity index (χ0v) is 7.67. The number of nitrogens with two attached hydrogens (primary N) is 1. The van der Waals surface area contributed by atoms with Crippen molar-refractivity contribution in [2.24, 2.45) is 5.73 Å². The molecule has 0 saturated carbocycles. The van der Waals surface area contributed by atoms with Crippen LogP contribution in [0.25, 0.3) is 0 Å². The molecular formula is C10H11BN2. The Morgan fingerprint density at radius 2 is 2.31 bits per heavy atom. The standard InChI is InChI=1S/C10H11BN2/c11-10(13)5-4-8-7(6-12)2-1-3-9(8)10/h1-3H,4-5,11,13H2/t10-/m0/s1. The summed E-state index contributed by atoms with van der Waals surface area (Å²) < 4.78 is 0. The van der Waals surface area contributed by atoms with Crippen molar-refractivity contribution in [2.75, 3.05) is 0 Å². The number of nitrogens with zero attached hydrogens (tertiary/aromatic N) is 1. The molecular weight excluding hydrogens is 159 g/mol. The highest BCUT2D eigenvalue weighted by Gasteiger charge is 2.31. The summed E-state index contributed by atoms with van der Waals surface area (Å²) in [5.41, 5.74) is 8.95. The summed E-state index contributed by atoms with van der Waals surface area (Å²) in [6, 6.07) is 8.01. The van der Waals surface area contributed by atoms with Gasteiger partial charge in [-0.25, -0.2) is 0 Å². The van der Waals surface area contributed by atoms with E-state index >= 15 is 0 Å². The van der Waals surface area contributed by atoms with Crippen LogP contribution < -0.4 is 5.73 Å². The van der Waals surface area contributed by atoms with Crippen LogP contribution in [-0.2, 0) is 11.9 Å². The molecule has 1 aromatic rings. The van der Waals surface area contributed by atoms with E-state index in [0.29, 0.717) is 0 Å².